The lowest BCUT2D eigenvalue weighted by Gasteiger charge is -2.05. The van der Waals surface area contributed by atoms with Gasteiger partial charge in [0, 0.05) is 6.20 Å². The molecule has 1 amide bonds. The zero-order chi connectivity index (χ0) is 10.1. The SMILES string of the molecule is COc1c(C(N)=O)ccc2n[nH]cc12. The van der Waals surface area contributed by atoms with E-state index in [2.05, 4.69) is 10.2 Å². The first-order valence-corrected chi connectivity index (χ1v) is 4.04. The van der Waals surface area contributed by atoms with E-state index in [4.69, 9.17) is 10.5 Å². The fraction of sp³-hybridized carbons (Fsp3) is 0.111. The summed E-state index contributed by atoms with van der Waals surface area (Å²) in [4.78, 5) is 11.1. The Bertz CT molecular complexity index is 490. The van der Waals surface area contributed by atoms with Crippen molar-refractivity contribution in [3.05, 3.63) is 23.9 Å². The number of aromatic nitrogens is 2. The fourth-order valence-corrected chi connectivity index (χ4v) is 1.41. The predicted octanol–water partition coefficient (Wildman–Crippen LogP) is 0.670. The van der Waals surface area contributed by atoms with E-state index in [9.17, 15) is 4.79 Å². The number of nitrogens with one attached hydrogen (secondary N) is 1. The largest absolute Gasteiger partial charge is 0.495 e. The highest BCUT2D eigenvalue weighted by atomic mass is 16.5. The molecule has 0 fully saturated rings. The molecule has 0 aliphatic carbocycles. The summed E-state index contributed by atoms with van der Waals surface area (Å²) >= 11 is 0. The number of rotatable bonds is 2. The second kappa shape index (κ2) is 3.02. The van der Waals surface area contributed by atoms with Crippen molar-refractivity contribution in [3.8, 4) is 5.75 Å². The van der Waals surface area contributed by atoms with Gasteiger partial charge in [0.25, 0.3) is 5.91 Å². The number of carbonyl (C=O) groups is 1. The fourth-order valence-electron chi connectivity index (χ4n) is 1.41. The Hall–Kier alpha value is -2.04. The highest BCUT2D eigenvalue weighted by Crippen LogP contribution is 2.27. The maximum absolute atomic E-state index is 11.1. The van der Waals surface area contributed by atoms with Gasteiger partial charge in [-0.2, -0.15) is 5.10 Å². The van der Waals surface area contributed by atoms with Crippen LogP contribution in [-0.2, 0) is 0 Å². The van der Waals surface area contributed by atoms with Gasteiger partial charge < -0.3 is 10.5 Å². The van der Waals surface area contributed by atoms with E-state index in [1.54, 1.807) is 18.3 Å². The van der Waals surface area contributed by atoms with Crippen molar-refractivity contribution in [1.29, 1.82) is 0 Å². The molecule has 2 aromatic rings. The van der Waals surface area contributed by atoms with E-state index in [0.29, 0.717) is 11.3 Å². The summed E-state index contributed by atoms with van der Waals surface area (Å²) < 4.78 is 5.12. The molecule has 0 radical (unpaired) electrons. The van der Waals surface area contributed by atoms with Crippen molar-refractivity contribution in [2.75, 3.05) is 7.11 Å². The number of benzene rings is 1. The van der Waals surface area contributed by atoms with Crippen molar-refractivity contribution < 1.29 is 9.53 Å². The minimum absolute atomic E-state index is 0.362. The molecule has 0 aliphatic heterocycles. The van der Waals surface area contributed by atoms with Gasteiger partial charge in [-0.1, -0.05) is 0 Å². The van der Waals surface area contributed by atoms with E-state index in [0.717, 1.165) is 10.9 Å². The molecule has 0 saturated heterocycles. The average molecular weight is 191 g/mol. The van der Waals surface area contributed by atoms with Crippen molar-refractivity contribution in [2.24, 2.45) is 5.73 Å². The molecule has 1 heterocycles. The van der Waals surface area contributed by atoms with Gasteiger partial charge in [0.1, 0.15) is 5.75 Å². The third-order valence-electron chi connectivity index (χ3n) is 2.04. The standard InChI is InChI=1S/C9H9N3O2/c1-14-8-5(9(10)13)2-3-7-6(8)4-11-12-7/h2-4H,1H3,(H2,10,13)(H,11,12). The second-order valence-electron chi connectivity index (χ2n) is 2.83. The Balaban J connectivity index is 2.78. The Morgan fingerprint density at radius 3 is 3.00 bits per heavy atom. The first-order valence-electron chi connectivity index (χ1n) is 4.04. The van der Waals surface area contributed by atoms with E-state index in [1.807, 2.05) is 0 Å². The van der Waals surface area contributed by atoms with Crippen LogP contribution in [0.15, 0.2) is 18.3 Å². The monoisotopic (exact) mass is 191 g/mol. The van der Waals surface area contributed by atoms with Gasteiger partial charge >= 0.3 is 0 Å². The van der Waals surface area contributed by atoms with E-state index >= 15 is 0 Å². The van der Waals surface area contributed by atoms with Crippen molar-refractivity contribution in [1.82, 2.24) is 10.2 Å². The van der Waals surface area contributed by atoms with Crippen LogP contribution in [0.1, 0.15) is 10.4 Å². The Kier molecular flexibility index (Phi) is 1.85. The highest BCUT2D eigenvalue weighted by Gasteiger charge is 2.13. The number of H-pyrrole nitrogens is 1. The van der Waals surface area contributed by atoms with Gasteiger partial charge in [-0.25, -0.2) is 0 Å². The van der Waals surface area contributed by atoms with Crippen molar-refractivity contribution in [2.45, 2.75) is 0 Å². The topological polar surface area (TPSA) is 81.0 Å². The number of aromatic amines is 1. The predicted molar refractivity (Wildman–Crippen MR) is 51.2 cm³/mol. The van der Waals surface area contributed by atoms with Crippen LogP contribution >= 0.6 is 0 Å². The van der Waals surface area contributed by atoms with Gasteiger partial charge in [0.05, 0.1) is 23.6 Å². The molecule has 1 aromatic carbocycles. The molecular formula is C9H9N3O2. The number of fused-ring (bicyclic) bond motifs is 1. The van der Waals surface area contributed by atoms with Gasteiger partial charge in [-0.15, -0.1) is 0 Å². The van der Waals surface area contributed by atoms with Crippen LogP contribution in [0.4, 0.5) is 0 Å². The van der Waals surface area contributed by atoms with Crippen molar-refractivity contribution >= 4 is 16.8 Å². The summed E-state index contributed by atoms with van der Waals surface area (Å²) in [6.45, 7) is 0. The van der Waals surface area contributed by atoms with Gasteiger partial charge in [0.15, 0.2) is 0 Å². The molecule has 0 spiro atoms. The number of hydrogen-bond acceptors (Lipinski definition) is 3. The lowest BCUT2D eigenvalue weighted by molar-refractivity contribution is 0.0997. The summed E-state index contributed by atoms with van der Waals surface area (Å²) in [5, 5.41) is 7.42. The number of nitrogens with zero attached hydrogens (tertiary/aromatic N) is 1. The van der Waals surface area contributed by atoms with Gasteiger partial charge in [0.2, 0.25) is 0 Å². The smallest absolute Gasteiger partial charge is 0.252 e. The molecular weight excluding hydrogens is 182 g/mol. The molecule has 3 N–H and O–H groups in total. The number of ether oxygens (including phenoxy) is 1. The molecule has 0 saturated carbocycles. The van der Waals surface area contributed by atoms with Gasteiger partial charge in [-0.05, 0) is 12.1 Å². The van der Waals surface area contributed by atoms with Crippen LogP contribution in [0.25, 0.3) is 10.9 Å². The highest BCUT2D eigenvalue weighted by molar-refractivity contribution is 6.02. The Morgan fingerprint density at radius 1 is 1.57 bits per heavy atom. The first-order chi connectivity index (χ1) is 6.74. The maximum Gasteiger partial charge on any atom is 0.252 e. The molecule has 0 atom stereocenters. The Morgan fingerprint density at radius 2 is 2.36 bits per heavy atom. The lowest BCUT2D eigenvalue weighted by Crippen LogP contribution is -2.12. The van der Waals surface area contributed by atoms with E-state index in [-0.39, 0.29) is 0 Å². The molecule has 0 aliphatic rings. The van der Waals surface area contributed by atoms with E-state index in [1.165, 1.54) is 7.11 Å². The summed E-state index contributed by atoms with van der Waals surface area (Å²) in [6.07, 6.45) is 1.67. The maximum atomic E-state index is 11.1. The number of nitrogens with two attached hydrogens (primary N) is 1. The third-order valence-corrected chi connectivity index (χ3v) is 2.04. The number of carbonyl (C=O) groups excluding carboxylic acids is 1. The molecule has 72 valence electrons. The van der Waals surface area contributed by atoms with Crippen LogP contribution in [-0.4, -0.2) is 23.2 Å². The summed E-state index contributed by atoms with van der Waals surface area (Å²) in [6, 6.07) is 3.32. The second-order valence-corrected chi connectivity index (χ2v) is 2.83. The average Bonchev–Trinajstić information content (AvgIpc) is 2.63. The summed E-state index contributed by atoms with van der Waals surface area (Å²) in [5.74, 6) is -0.0475. The van der Waals surface area contributed by atoms with Crippen LogP contribution < -0.4 is 10.5 Å². The lowest BCUT2D eigenvalue weighted by atomic mass is 10.1. The molecule has 0 unspecified atom stereocenters. The molecule has 14 heavy (non-hydrogen) atoms. The summed E-state index contributed by atoms with van der Waals surface area (Å²) in [5.41, 5.74) is 6.31. The number of hydrogen-bond donors (Lipinski definition) is 2. The van der Waals surface area contributed by atoms with E-state index < -0.39 is 5.91 Å². The minimum atomic E-state index is -0.509. The molecule has 5 heteroatoms. The number of primary amides is 1. The molecule has 2 rings (SSSR count). The van der Waals surface area contributed by atoms with Gasteiger partial charge in [-0.3, -0.25) is 9.89 Å². The summed E-state index contributed by atoms with van der Waals surface area (Å²) in [7, 11) is 1.49. The number of methoxy groups -OCH3 is 1. The van der Waals surface area contributed by atoms with Crippen LogP contribution in [0.2, 0.25) is 0 Å². The zero-order valence-electron chi connectivity index (χ0n) is 7.57. The van der Waals surface area contributed by atoms with Crippen LogP contribution in [0.3, 0.4) is 0 Å². The van der Waals surface area contributed by atoms with Crippen molar-refractivity contribution in [3.63, 3.8) is 0 Å². The molecule has 0 bridgehead atoms. The number of amides is 1. The molecule has 5 nitrogen and oxygen atoms in total. The third kappa shape index (κ3) is 1.10. The van der Waals surface area contributed by atoms with Crippen LogP contribution in [0.5, 0.6) is 5.75 Å². The minimum Gasteiger partial charge on any atom is -0.495 e. The quantitative estimate of drug-likeness (QED) is 0.732. The first kappa shape index (κ1) is 8.55. The Labute approximate surface area is 79.9 Å². The molecule has 1 aromatic heterocycles. The normalized spacial score (nSPS) is 10.4. The zero-order valence-corrected chi connectivity index (χ0v) is 7.57. The van der Waals surface area contributed by atoms with Crippen LogP contribution in [0, 0.1) is 0 Å².